The van der Waals surface area contributed by atoms with E-state index in [1.165, 1.54) is 0 Å². The summed E-state index contributed by atoms with van der Waals surface area (Å²) < 4.78 is 0. The van der Waals surface area contributed by atoms with Crippen LogP contribution < -0.4 is 0 Å². The van der Waals surface area contributed by atoms with Gasteiger partial charge in [-0.3, -0.25) is 10.1 Å². The molecular formula is C5H8NO2. The summed E-state index contributed by atoms with van der Waals surface area (Å²) in [5.74, 6) is 0. The van der Waals surface area contributed by atoms with Crippen LogP contribution >= 0.6 is 0 Å². The topological polar surface area (TPSA) is 43.1 Å². The van der Waals surface area contributed by atoms with Gasteiger partial charge in [-0.2, -0.15) is 0 Å². The number of nitrogens with zero attached hydrogens (tertiary/aromatic N) is 1. The Hall–Kier alpha value is -0.600. The van der Waals surface area contributed by atoms with Crippen molar-refractivity contribution in [3.63, 3.8) is 0 Å². The quantitative estimate of drug-likeness (QED) is 0.377. The highest BCUT2D eigenvalue weighted by Crippen LogP contribution is 2.18. The molecule has 1 saturated carbocycles. The van der Waals surface area contributed by atoms with Crippen LogP contribution in [-0.4, -0.2) is 11.0 Å². The van der Waals surface area contributed by atoms with E-state index in [0.29, 0.717) is 6.42 Å². The van der Waals surface area contributed by atoms with Gasteiger partial charge in [0.2, 0.25) is 6.04 Å². The molecular weight excluding hydrogens is 106 g/mol. The summed E-state index contributed by atoms with van der Waals surface area (Å²) in [5, 5.41) is 9.99. The maximum Gasteiger partial charge on any atom is 0.213 e. The molecule has 1 unspecified atom stereocenters. The molecule has 0 amide bonds. The van der Waals surface area contributed by atoms with Gasteiger partial charge in [0.15, 0.2) is 0 Å². The van der Waals surface area contributed by atoms with E-state index in [9.17, 15) is 10.1 Å². The molecule has 0 N–H and O–H groups in total. The minimum Gasteiger partial charge on any atom is -0.264 e. The van der Waals surface area contributed by atoms with E-state index in [-0.39, 0.29) is 11.0 Å². The van der Waals surface area contributed by atoms with Gasteiger partial charge in [0, 0.05) is 17.8 Å². The summed E-state index contributed by atoms with van der Waals surface area (Å²) in [4.78, 5) is 9.80. The van der Waals surface area contributed by atoms with Crippen molar-refractivity contribution in [2.75, 3.05) is 0 Å². The third-order valence-electron chi connectivity index (χ3n) is 1.44. The lowest BCUT2D eigenvalue weighted by Gasteiger charge is -1.95. The summed E-state index contributed by atoms with van der Waals surface area (Å²) in [7, 11) is 0. The first-order valence-electron chi connectivity index (χ1n) is 2.76. The summed E-state index contributed by atoms with van der Waals surface area (Å²) >= 11 is 0. The van der Waals surface area contributed by atoms with Crippen LogP contribution in [0.25, 0.3) is 0 Å². The first-order valence-corrected chi connectivity index (χ1v) is 2.76. The molecule has 0 aliphatic heterocycles. The molecule has 3 nitrogen and oxygen atoms in total. The van der Waals surface area contributed by atoms with Gasteiger partial charge in [-0.1, -0.05) is 0 Å². The molecule has 0 saturated heterocycles. The van der Waals surface area contributed by atoms with Crippen molar-refractivity contribution in [3.05, 3.63) is 16.5 Å². The van der Waals surface area contributed by atoms with Crippen LogP contribution in [0.5, 0.6) is 0 Å². The highest BCUT2D eigenvalue weighted by molar-refractivity contribution is 4.79. The Bertz CT molecular complexity index is 96.6. The molecule has 0 aromatic rings. The molecule has 8 heavy (non-hydrogen) atoms. The number of nitro groups is 1. The van der Waals surface area contributed by atoms with Crippen LogP contribution in [0.15, 0.2) is 0 Å². The minimum atomic E-state index is -0.269. The Balaban J connectivity index is 2.35. The van der Waals surface area contributed by atoms with Gasteiger partial charge < -0.3 is 0 Å². The van der Waals surface area contributed by atoms with Gasteiger partial charge in [-0.15, -0.1) is 0 Å². The zero-order valence-electron chi connectivity index (χ0n) is 4.54. The second-order valence-corrected chi connectivity index (χ2v) is 2.04. The van der Waals surface area contributed by atoms with Gasteiger partial charge in [-0.05, 0) is 12.8 Å². The summed E-state index contributed by atoms with van der Waals surface area (Å²) in [6.07, 6.45) is 4.32. The van der Waals surface area contributed by atoms with Crippen LogP contribution in [0.1, 0.15) is 19.3 Å². The fourth-order valence-corrected chi connectivity index (χ4v) is 0.930. The zero-order valence-corrected chi connectivity index (χ0v) is 4.54. The fraction of sp³-hybridized carbons (Fsp3) is 0.800. The normalized spacial score (nSPS) is 21.5. The SMILES string of the molecule is O=[N+]([O-])C1C[CH]CC1. The Kier molecular flexibility index (Phi) is 1.46. The van der Waals surface area contributed by atoms with Crippen molar-refractivity contribution in [2.45, 2.75) is 25.3 Å². The first kappa shape index (κ1) is 5.54. The van der Waals surface area contributed by atoms with E-state index in [1.807, 2.05) is 6.42 Å². The Morgan fingerprint density at radius 1 is 1.75 bits per heavy atom. The molecule has 0 aromatic heterocycles. The Morgan fingerprint density at radius 2 is 2.50 bits per heavy atom. The Morgan fingerprint density at radius 3 is 2.75 bits per heavy atom. The highest BCUT2D eigenvalue weighted by atomic mass is 16.6. The lowest BCUT2D eigenvalue weighted by Crippen LogP contribution is -2.13. The monoisotopic (exact) mass is 114 g/mol. The summed E-state index contributed by atoms with van der Waals surface area (Å²) in [5.41, 5.74) is 0. The van der Waals surface area contributed by atoms with Gasteiger partial charge >= 0.3 is 0 Å². The molecule has 0 spiro atoms. The molecule has 1 radical (unpaired) electrons. The molecule has 45 valence electrons. The van der Waals surface area contributed by atoms with Crippen molar-refractivity contribution in [1.29, 1.82) is 0 Å². The van der Waals surface area contributed by atoms with Gasteiger partial charge in [0.25, 0.3) is 0 Å². The fourth-order valence-electron chi connectivity index (χ4n) is 0.930. The lowest BCUT2D eigenvalue weighted by atomic mass is 10.3. The molecule has 1 aliphatic carbocycles. The van der Waals surface area contributed by atoms with E-state index >= 15 is 0 Å². The number of rotatable bonds is 1. The standard InChI is InChI=1S/C5H8NO2/c7-6(8)5-3-1-2-4-5/h1,5H,2-4H2. The van der Waals surface area contributed by atoms with Crippen molar-refractivity contribution in [3.8, 4) is 0 Å². The van der Waals surface area contributed by atoms with Gasteiger partial charge in [0.1, 0.15) is 0 Å². The molecule has 0 heterocycles. The van der Waals surface area contributed by atoms with Crippen LogP contribution in [0, 0.1) is 16.5 Å². The van der Waals surface area contributed by atoms with Crippen molar-refractivity contribution >= 4 is 0 Å². The average Bonchev–Trinajstić information content (AvgIpc) is 2.12. The van der Waals surface area contributed by atoms with Crippen LogP contribution in [-0.2, 0) is 0 Å². The van der Waals surface area contributed by atoms with Crippen LogP contribution in [0.2, 0.25) is 0 Å². The van der Waals surface area contributed by atoms with E-state index in [1.54, 1.807) is 0 Å². The van der Waals surface area contributed by atoms with Crippen molar-refractivity contribution in [1.82, 2.24) is 0 Å². The zero-order chi connectivity index (χ0) is 5.98. The predicted molar refractivity (Wildman–Crippen MR) is 28.9 cm³/mol. The maximum absolute atomic E-state index is 9.99. The third-order valence-corrected chi connectivity index (χ3v) is 1.44. The van der Waals surface area contributed by atoms with Crippen LogP contribution in [0.4, 0.5) is 0 Å². The highest BCUT2D eigenvalue weighted by Gasteiger charge is 2.24. The second-order valence-electron chi connectivity index (χ2n) is 2.04. The molecule has 0 aromatic carbocycles. The average molecular weight is 114 g/mol. The molecule has 1 rings (SSSR count). The van der Waals surface area contributed by atoms with Crippen molar-refractivity contribution in [2.24, 2.45) is 0 Å². The third kappa shape index (κ3) is 0.967. The van der Waals surface area contributed by atoms with Crippen molar-refractivity contribution < 1.29 is 4.92 Å². The molecule has 1 atom stereocenters. The lowest BCUT2D eigenvalue weighted by molar-refractivity contribution is -0.519. The van der Waals surface area contributed by atoms with E-state index < -0.39 is 0 Å². The minimum absolute atomic E-state index is 0.191. The molecule has 1 fully saturated rings. The largest absolute Gasteiger partial charge is 0.264 e. The summed E-state index contributed by atoms with van der Waals surface area (Å²) in [6, 6.07) is -0.269. The second kappa shape index (κ2) is 2.11. The van der Waals surface area contributed by atoms with E-state index in [2.05, 4.69) is 0 Å². The predicted octanol–water partition coefficient (Wildman–Crippen LogP) is 1.02. The molecule has 3 heteroatoms. The molecule has 0 bridgehead atoms. The van der Waals surface area contributed by atoms with E-state index in [4.69, 9.17) is 0 Å². The smallest absolute Gasteiger partial charge is 0.213 e. The maximum atomic E-state index is 9.99. The van der Waals surface area contributed by atoms with E-state index in [0.717, 1.165) is 12.8 Å². The molecule has 1 aliphatic rings. The van der Waals surface area contributed by atoms with Gasteiger partial charge in [-0.25, -0.2) is 0 Å². The summed E-state index contributed by atoms with van der Waals surface area (Å²) in [6.45, 7) is 0. The van der Waals surface area contributed by atoms with Crippen LogP contribution in [0.3, 0.4) is 0 Å². The first-order chi connectivity index (χ1) is 3.80. The van der Waals surface area contributed by atoms with Gasteiger partial charge in [0.05, 0.1) is 0 Å². The Labute approximate surface area is 47.8 Å². The number of hydrogen-bond donors (Lipinski definition) is 0. The number of hydrogen-bond acceptors (Lipinski definition) is 2.